The first-order valence-electron chi connectivity index (χ1n) is 8.00. The highest BCUT2D eigenvalue weighted by atomic mass is 32.1. The topological polar surface area (TPSA) is 71.2 Å². The molecule has 6 heteroatoms. The van der Waals surface area contributed by atoms with Crippen molar-refractivity contribution in [2.45, 2.75) is 50.6 Å². The SMILES string of the molecule is NC1CCCc2nc(N3CCC4NC(=O)CCC4C3)sc21. The maximum Gasteiger partial charge on any atom is 0.220 e. The van der Waals surface area contributed by atoms with Crippen LogP contribution in [0.3, 0.4) is 0 Å². The number of piperidine rings is 2. The lowest BCUT2D eigenvalue weighted by Gasteiger charge is -2.41. The van der Waals surface area contributed by atoms with Crippen molar-refractivity contribution < 1.29 is 4.79 Å². The fourth-order valence-corrected chi connectivity index (χ4v) is 5.04. The van der Waals surface area contributed by atoms with Gasteiger partial charge in [-0.15, -0.1) is 0 Å². The average Bonchev–Trinajstić information content (AvgIpc) is 2.92. The Morgan fingerprint density at radius 1 is 1.29 bits per heavy atom. The number of fused-ring (bicyclic) bond motifs is 2. The van der Waals surface area contributed by atoms with Crippen molar-refractivity contribution in [3.05, 3.63) is 10.6 Å². The van der Waals surface area contributed by atoms with Crippen LogP contribution in [0.2, 0.25) is 0 Å². The van der Waals surface area contributed by atoms with Crippen molar-refractivity contribution in [1.82, 2.24) is 10.3 Å². The fraction of sp³-hybridized carbons (Fsp3) is 0.733. The molecule has 3 N–H and O–H groups in total. The van der Waals surface area contributed by atoms with E-state index in [0.717, 1.165) is 50.3 Å². The molecule has 3 atom stereocenters. The van der Waals surface area contributed by atoms with Crippen LogP contribution in [-0.2, 0) is 11.2 Å². The van der Waals surface area contributed by atoms with E-state index in [1.807, 2.05) is 0 Å². The predicted molar refractivity (Wildman–Crippen MR) is 83.5 cm³/mol. The van der Waals surface area contributed by atoms with Gasteiger partial charge in [0.2, 0.25) is 5.91 Å². The van der Waals surface area contributed by atoms with E-state index in [2.05, 4.69) is 10.2 Å². The third kappa shape index (κ3) is 2.44. The molecule has 0 radical (unpaired) electrons. The number of carbonyl (C=O) groups excluding carboxylic acids is 1. The number of anilines is 1. The Balaban J connectivity index is 1.51. The smallest absolute Gasteiger partial charge is 0.220 e. The number of aromatic nitrogens is 1. The molecule has 114 valence electrons. The molecule has 1 aliphatic carbocycles. The summed E-state index contributed by atoms with van der Waals surface area (Å²) in [6, 6.07) is 0.561. The van der Waals surface area contributed by atoms with Gasteiger partial charge in [0.25, 0.3) is 0 Å². The lowest BCUT2D eigenvalue weighted by atomic mass is 9.85. The molecule has 2 aliphatic heterocycles. The monoisotopic (exact) mass is 306 g/mol. The van der Waals surface area contributed by atoms with E-state index in [-0.39, 0.29) is 11.9 Å². The summed E-state index contributed by atoms with van der Waals surface area (Å²) in [5.74, 6) is 0.798. The van der Waals surface area contributed by atoms with Crippen molar-refractivity contribution in [2.24, 2.45) is 11.7 Å². The van der Waals surface area contributed by atoms with Gasteiger partial charge in [-0.05, 0) is 38.0 Å². The van der Waals surface area contributed by atoms with Crippen LogP contribution in [0.15, 0.2) is 0 Å². The molecule has 4 rings (SSSR count). The molecule has 3 unspecified atom stereocenters. The van der Waals surface area contributed by atoms with Crippen LogP contribution in [0, 0.1) is 5.92 Å². The van der Waals surface area contributed by atoms with Crippen LogP contribution in [-0.4, -0.2) is 30.0 Å². The number of carbonyl (C=O) groups is 1. The molecule has 3 aliphatic rings. The average molecular weight is 306 g/mol. The van der Waals surface area contributed by atoms with Gasteiger partial charge in [0.1, 0.15) is 0 Å². The zero-order valence-electron chi connectivity index (χ0n) is 12.2. The van der Waals surface area contributed by atoms with E-state index in [9.17, 15) is 4.79 Å². The van der Waals surface area contributed by atoms with E-state index in [0.29, 0.717) is 18.4 Å². The van der Waals surface area contributed by atoms with Crippen molar-refractivity contribution in [1.29, 1.82) is 0 Å². The number of nitrogens with zero attached hydrogens (tertiary/aromatic N) is 2. The van der Waals surface area contributed by atoms with Crippen molar-refractivity contribution >= 4 is 22.4 Å². The van der Waals surface area contributed by atoms with Gasteiger partial charge < -0.3 is 16.0 Å². The third-order valence-corrected chi connectivity index (χ3v) is 6.37. The number of hydrogen-bond donors (Lipinski definition) is 2. The first-order valence-corrected chi connectivity index (χ1v) is 8.82. The molecule has 0 spiro atoms. The van der Waals surface area contributed by atoms with Crippen LogP contribution < -0.4 is 16.0 Å². The minimum absolute atomic E-state index is 0.187. The molecule has 2 fully saturated rings. The standard InChI is InChI=1S/C15H22N4OS/c16-10-2-1-3-12-14(10)21-15(18-12)19-7-6-11-9(8-19)4-5-13(20)17-11/h9-11H,1-8,16H2,(H,17,20). The van der Waals surface area contributed by atoms with Gasteiger partial charge in [-0.3, -0.25) is 4.79 Å². The number of aryl methyl sites for hydroxylation is 1. The molecule has 5 nitrogen and oxygen atoms in total. The maximum absolute atomic E-state index is 11.5. The number of rotatable bonds is 1. The zero-order chi connectivity index (χ0) is 14.4. The summed E-state index contributed by atoms with van der Waals surface area (Å²) < 4.78 is 0. The van der Waals surface area contributed by atoms with Gasteiger partial charge in [-0.2, -0.15) is 0 Å². The number of nitrogens with two attached hydrogens (primary N) is 1. The van der Waals surface area contributed by atoms with Crippen molar-refractivity contribution in [3.8, 4) is 0 Å². The van der Waals surface area contributed by atoms with E-state index in [1.165, 1.54) is 10.6 Å². The Bertz CT molecular complexity index is 558. The molecule has 0 saturated carbocycles. The second-order valence-electron chi connectivity index (χ2n) is 6.51. The molecular formula is C15H22N4OS. The molecule has 2 saturated heterocycles. The Hall–Kier alpha value is -1.14. The van der Waals surface area contributed by atoms with E-state index in [4.69, 9.17) is 10.7 Å². The van der Waals surface area contributed by atoms with Gasteiger partial charge in [0.05, 0.1) is 5.69 Å². The summed E-state index contributed by atoms with van der Waals surface area (Å²) in [5.41, 5.74) is 7.44. The van der Waals surface area contributed by atoms with Gasteiger partial charge in [-0.1, -0.05) is 11.3 Å². The number of amides is 1. The first-order chi connectivity index (χ1) is 10.2. The van der Waals surface area contributed by atoms with Gasteiger partial charge in [-0.25, -0.2) is 4.98 Å². The molecule has 0 bridgehead atoms. The molecule has 1 amide bonds. The number of nitrogens with one attached hydrogen (secondary N) is 1. The molecule has 0 aromatic carbocycles. The largest absolute Gasteiger partial charge is 0.353 e. The van der Waals surface area contributed by atoms with E-state index < -0.39 is 0 Å². The lowest BCUT2D eigenvalue weighted by Crippen LogP contribution is -2.54. The highest BCUT2D eigenvalue weighted by Crippen LogP contribution is 2.38. The van der Waals surface area contributed by atoms with E-state index in [1.54, 1.807) is 11.3 Å². The normalized spacial score (nSPS) is 32.3. The summed E-state index contributed by atoms with van der Waals surface area (Å²) in [5, 5.41) is 4.29. The van der Waals surface area contributed by atoms with Crippen LogP contribution in [0.4, 0.5) is 5.13 Å². The Morgan fingerprint density at radius 3 is 3.05 bits per heavy atom. The first kappa shape index (κ1) is 13.5. The Labute approximate surface area is 128 Å². The van der Waals surface area contributed by atoms with Gasteiger partial charge in [0.15, 0.2) is 5.13 Å². The fourth-order valence-electron chi connectivity index (χ4n) is 3.86. The summed E-state index contributed by atoms with van der Waals surface area (Å²) in [6.07, 6.45) is 6.05. The highest BCUT2D eigenvalue weighted by Gasteiger charge is 2.35. The second kappa shape index (κ2) is 5.25. The predicted octanol–water partition coefficient (Wildman–Crippen LogP) is 1.58. The summed E-state index contributed by atoms with van der Waals surface area (Å²) in [6.45, 7) is 2.01. The summed E-state index contributed by atoms with van der Waals surface area (Å²) >= 11 is 1.79. The highest BCUT2D eigenvalue weighted by molar-refractivity contribution is 7.15. The van der Waals surface area contributed by atoms with Crippen LogP contribution in [0.5, 0.6) is 0 Å². The molecule has 21 heavy (non-hydrogen) atoms. The van der Waals surface area contributed by atoms with Crippen LogP contribution in [0.1, 0.15) is 48.7 Å². The quantitative estimate of drug-likeness (QED) is 0.826. The van der Waals surface area contributed by atoms with Gasteiger partial charge >= 0.3 is 0 Å². The van der Waals surface area contributed by atoms with E-state index >= 15 is 0 Å². The summed E-state index contributed by atoms with van der Waals surface area (Å²) in [4.78, 5) is 20.1. The second-order valence-corrected chi connectivity index (χ2v) is 7.52. The van der Waals surface area contributed by atoms with Crippen molar-refractivity contribution in [2.75, 3.05) is 18.0 Å². The number of thiazole rings is 1. The van der Waals surface area contributed by atoms with Crippen LogP contribution in [0.25, 0.3) is 0 Å². The Morgan fingerprint density at radius 2 is 2.19 bits per heavy atom. The lowest BCUT2D eigenvalue weighted by molar-refractivity contribution is -0.124. The summed E-state index contributed by atoms with van der Waals surface area (Å²) in [7, 11) is 0. The maximum atomic E-state index is 11.5. The Kier molecular flexibility index (Phi) is 3.38. The van der Waals surface area contributed by atoms with Crippen molar-refractivity contribution in [3.63, 3.8) is 0 Å². The van der Waals surface area contributed by atoms with Crippen LogP contribution >= 0.6 is 11.3 Å². The molecule has 1 aromatic heterocycles. The number of hydrogen-bond acceptors (Lipinski definition) is 5. The third-order valence-electron chi connectivity index (χ3n) is 5.07. The minimum atomic E-state index is 0.187. The van der Waals surface area contributed by atoms with Gasteiger partial charge in [0, 0.05) is 36.5 Å². The zero-order valence-corrected chi connectivity index (χ0v) is 13.0. The molecule has 3 heterocycles. The molecular weight excluding hydrogens is 284 g/mol. The minimum Gasteiger partial charge on any atom is -0.353 e. The molecule has 1 aromatic rings.